The van der Waals surface area contributed by atoms with E-state index in [9.17, 15) is 0 Å². The summed E-state index contributed by atoms with van der Waals surface area (Å²) in [6.07, 6.45) is 0. The molecule has 0 atom stereocenters. The molecule has 4 heavy (non-hydrogen) atoms. The third kappa shape index (κ3) is 8.92. The maximum atomic E-state index is 0. The fraction of sp³-hybridized carbons (Fsp3) is 0. The van der Waals surface area contributed by atoms with Gasteiger partial charge in [-0.1, -0.05) is 0 Å². The number of hydrogen-bond donors (Lipinski definition) is 0. The summed E-state index contributed by atoms with van der Waals surface area (Å²) in [5.74, 6) is 0. The summed E-state index contributed by atoms with van der Waals surface area (Å²) < 4.78 is 0. The maximum absolute atomic E-state index is 0. The summed E-state index contributed by atoms with van der Waals surface area (Å²) in [6.45, 7) is 0. The van der Waals surface area contributed by atoms with Crippen LogP contribution in [0.4, 0.5) is 0 Å². The summed E-state index contributed by atoms with van der Waals surface area (Å²) in [5.41, 5.74) is 0. The molecule has 0 saturated heterocycles. The van der Waals surface area contributed by atoms with Crippen molar-refractivity contribution in [1.82, 2.24) is 0 Å². The van der Waals surface area contributed by atoms with Crippen LogP contribution in [0.5, 0.6) is 0 Å². The van der Waals surface area contributed by atoms with Crippen molar-refractivity contribution < 1.29 is 0 Å². The zero-order valence-electron chi connectivity index (χ0n) is 1.22. The first-order valence-corrected chi connectivity index (χ1v) is 0. The van der Waals surface area contributed by atoms with Gasteiger partial charge in [-0.05, 0) is 0 Å². The first-order valence-electron chi connectivity index (χ1n) is 0. The van der Waals surface area contributed by atoms with Crippen LogP contribution >= 0.6 is 37.2 Å². The average molecular weight is 151 g/mol. The van der Waals surface area contributed by atoms with Gasteiger partial charge in [0.25, 0.3) is 0 Å². The Morgan fingerprint density at radius 3 is 0.500 bits per heavy atom. The molecule has 0 aromatic carbocycles. The Morgan fingerprint density at radius 1 is 0.500 bits per heavy atom. The Morgan fingerprint density at radius 2 is 0.500 bits per heavy atom. The third-order valence-corrected chi connectivity index (χ3v) is 0. The molecule has 0 aromatic heterocycles. The summed E-state index contributed by atoms with van der Waals surface area (Å²) in [7, 11) is 0. The van der Waals surface area contributed by atoms with Gasteiger partial charge in [0.2, 0.25) is 0 Å². The van der Waals surface area contributed by atoms with Gasteiger partial charge >= 0.3 is 37.7 Å². The Kier molecular flexibility index (Phi) is 171. The van der Waals surface area contributed by atoms with E-state index < -0.39 is 0 Å². The Bertz CT molecular complexity index is 3.25. The molecule has 0 nitrogen and oxygen atoms in total. The number of hydrogen-bond acceptors (Lipinski definition) is 0. The SMILES string of the molecule is Cl.Cl.Cl.[CaH2]. The molecule has 28 valence electrons. The van der Waals surface area contributed by atoms with Crippen molar-refractivity contribution in [3.8, 4) is 0 Å². The predicted octanol–water partition coefficient (Wildman–Crippen LogP) is 0.349. The van der Waals surface area contributed by atoms with Crippen molar-refractivity contribution in [1.29, 1.82) is 0 Å². The fourth-order valence-corrected chi connectivity index (χ4v) is 0. The fourth-order valence-electron chi connectivity index (χ4n) is 0. The summed E-state index contributed by atoms with van der Waals surface area (Å²) in [6, 6.07) is 0. The van der Waals surface area contributed by atoms with Crippen molar-refractivity contribution >= 4 is 75.0 Å². The zero-order valence-corrected chi connectivity index (χ0v) is 3.67. The minimum atomic E-state index is 0. The summed E-state index contributed by atoms with van der Waals surface area (Å²) >= 11 is 0. The molecule has 0 saturated carbocycles. The van der Waals surface area contributed by atoms with Crippen LogP contribution in [-0.2, 0) is 0 Å². The van der Waals surface area contributed by atoms with Crippen LogP contribution in [0.2, 0.25) is 0 Å². The molecule has 0 N–H and O–H groups in total. The van der Waals surface area contributed by atoms with E-state index in [0.717, 1.165) is 0 Å². The van der Waals surface area contributed by atoms with Gasteiger partial charge in [-0.15, -0.1) is 37.2 Å². The van der Waals surface area contributed by atoms with E-state index in [1.54, 1.807) is 0 Å². The van der Waals surface area contributed by atoms with Crippen LogP contribution in [0, 0.1) is 0 Å². The number of halogens is 3. The molecule has 0 aliphatic heterocycles. The van der Waals surface area contributed by atoms with Crippen LogP contribution in [0.15, 0.2) is 0 Å². The Balaban J connectivity index is 0. The van der Waals surface area contributed by atoms with E-state index in [-0.39, 0.29) is 75.0 Å². The normalized spacial score (nSPS) is 0. The van der Waals surface area contributed by atoms with Gasteiger partial charge in [0.15, 0.2) is 0 Å². The van der Waals surface area contributed by atoms with Crippen LogP contribution in [-0.4, -0.2) is 37.7 Å². The second-order valence-electron chi connectivity index (χ2n) is 0. The van der Waals surface area contributed by atoms with E-state index in [1.165, 1.54) is 0 Å². The molecule has 0 aromatic rings. The molecule has 0 amide bonds. The molecule has 0 unspecified atom stereocenters. The standard InChI is InChI=1S/Ca.3ClH.2H/h;3*1H;;. The van der Waals surface area contributed by atoms with Gasteiger partial charge in [-0.3, -0.25) is 0 Å². The summed E-state index contributed by atoms with van der Waals surface area (Å²) in [4.78, 5) is 0. The van der Waals surface area contributed by atoms with Gasteiger partial charge in [0.1, 0.15) is 0 Å². The molecule has 0 bridgehead atoms. The van der Waals surface area contributed by atoms with Gasteiger partial charge in [0, 0.05) is 0 Å². The monoisotopic (exact) mass is 150 g/mol. The predicted molar refractivity (Wildman–Crippen MR) is 30.3 cm³/mol. The van der Waals surface area contributed by atoms with Crippen LogP contribution in [0.3, 0.4) is 0 Å². The first-order chi connectivity index (χ1) is 0. The minimum absolute atomic E-state index is 0. The van der Waals surface area contributed by atoms with Gasteiger partial charge in [0.05, 0.1) is 0 Å². The third-order valence-electron chi connectivity index (χ3n) is 0. The first kappa shape index (κ1) is 35.6. The second-order valence-corrected chi connectivity index (χ2v) is 0. The molecule has 0 rings (SSSR count). The van der Waals surface area contributed by atoms with E-state index in [2.05, 4.69) is 0 Å². The topological polar surface area (TPSA) is 0 Å². The summed E-state index contributed by atoms with van der Waals surface area (Å²) in [5, 5.41) is 0. The van der Waals surface area contributed by atoms with Crippen LogP contribution < -0.4 is 0 Å². The van der Waals surface area contributed by atoms with Gasteiger partial charge in [-0.25, -0.2) is 0 Å². The van der Waals surface area contributed by atoms with E-state index >= 15 is 0 Å². The van der Waals surface area contributed by atoms with Gasteiger partial charge in [-0.2, -0.15) is 0 Å². The zero-order chi connectivity index (χ0) is 0. The van der Waals surface area contributed by atoms with E-state index in [4.69, 9.17) is 0 Å². The Hall–Kier alpha value is 2.13. The van der Waals surface area contributed by atoms with Crippen molar-refractivity contribution in [3.63, 3.8) is 0 Å². The molecule has 0 aliphatic rings. The van der Waals surface area contributed by atoms with Gasteiger partial charge < -0.3 is 0 Å². The molecule has 0 radical (unpaired) electrons. The van der Waals surface area contributed by atoms with Crippen LogP contribution in [0.25, 0.3) is 0 Å². The van der Waals surface area contributed by atoms with Crippen molar-refractivity contribution in [3.05, 3.63) is 0 Å². The van der Waals surface area contributed by atoms with E-state index in [1.807, 2.05) is 0 Å². The molecule has 4 heteroatoms. The molecular weight excluding hydrogens is 146 g/mol. The molecule has 0 fully saturated rings. The van der Waals surface area contributed by atoms with Crippen molar-refractivity contribution in [2.75, 3.05) is 0 Å². The van der Waals surface area contributed by atoms with Crippen molar-refractivity contribution in [2.45, 2.75) is 0 Å². The quantitative estimate of drug-likeness (QED) is 0.438. The molecule has 0 heterocycles. The number of rotatable bonds is 0. The average Bonchev–Trinajstić information content (AvgIpc) is 0. The molecule has 0 aliphatic carbocycles. The van der Waals surface area contributed by atoms with E-state index in [0.29, 0.717) is 0 Å². The van der Waals surface area contributed by atoms with Crippen LogP contribution in [0.1, 0.15) is 0 Å². The molecule has 0 spiro atoms. The second kappa shape index (κ2) is 19.3. The molecular formula is H5CaCl3. The van der Waals surface area contributed by atoms with Crippen molar-refractivity contribution in [2.24, 2.45) is 0 Å². The Labute approximate surface area is 73.9 Å².